The number of carbonyl (C=O) groups excluding carboxylic acids is 1. The lowest BCUT2D eigenvalue weighted by molar-refractivity contribution is -0.117. The molecule has 138 valence electrons. The van der Waals surface area contributed by atoms with Crippen LogP contribution in [0.15, 0.2) is 41.3 Å². The first-order valence-corrected chi connectivity index (χ1v) is 9.26. The van der Waals surface area contributed by atoms with Crippen molar-refractivity contribution in [2.45, 2.75) is 17.7 Å². The Morgan fingerprint density at radius 1 is 1.12 bits per heavy atom. The minimum absolute atomic E-state index is 0.112. The number of hydrogen-bond acceptors (Lipinski definition) is 4. The van der Waals surface area contributed by atoms with Crippen LogP contribution < -0.4 is 14.4 Å². The first-order chi connectivity index (χ1) is 12.3. The maximum absolute atomic E-state index is 13.3. The largest absolute Gasteiger partial charge is 0.495 e. The summed E-state index contributed by atoms with van der Waals surface area (Å²) >= 11 is 0. The van der Waals surface area contributed by atoms with Crippen molar-refractivity contribution in [3.63, 3.8) is 0 Å². The average Bonchev–Trinajstić information content (AvgIpc) is 3.03. The number of hydrogen-bond donors (Lipinski definition) is 1. The Morgan fingerprint density at radius 3 is 2.50 bits per heavy atom. The summed E-state index contributed by atoms with van der Waals surface area (Å²) in [4.78, 5) is 13.3. The van der Waals surface area contributed by atoms with E-state index in [0.717, 1.165) is 18.2 Å². The highest BCUT2D eigenvalue weighted by Crippen LogP contribution is 2.34. The summed E-state index contributed by atoms with van der Waals surface area (Å²) in [6, 6.07) is 6.78. The van der Waals surface area contributed by atoms with E-state index in [4.69, 9.17) is 4.74 Å². The molecule has 0 saturated carbocycles. The molecule has 1 N–H and O–H groups in total. The van der Waals surface area contributed by atoms with E-state index in [1.807, 2.05) is 0 Å². The number of rotatable bonds is 5. The highest BCUT2D eigenvalue weighted by Gasteiger charge is 2.26. The molecule has 1 heterocycles. The van der Waals surface area contributed by atoms with Crippen molar-refractivity contribution in [1.29, 1.82) is 0 Å². The molecule has 0 aromatic heterocycles. The number of nitrogens with one attached hydrogen (secondary N) is 1. The van der Waals surface area contributed by atoms with Gasteiger partial charge in [0, 0.05) is 19.0 Å². The monoisotopic (exact) mass is 382 g/mol. The van der Waals surface area contributed by atoms with Crippen LogP contribution >= 0.6 is 0 Å². The Bertz CT molecular complexity index is 963. The summed E-state index contributed by atoms with van der Waals surface area (Å²) in [6.45, 7) is 0.468. The average molecular weight is 382 g/mol. The maximum Gasteiger partial charge on any atom is 0.261 e. The number of anilines is 2. The predicted octanol–water partition coefficient (Wildman–Crippen LogP) is 2.90. The van der Waals surface area contributed by atoms with Gasteiger partial charge in [0.15, 0.2) is 11.6 Å². The van der Waals surface area contributed by atoms with Crippen molar-refractivity contribution in [2.75, 3.05) is 23.3 Å². The first kappa shape index (κ1) is 18.1. The second-order valence-electron chi connectivity index (χ2n) is 5.72. The lowest BCUT2D eigenvalue weighted by atomic mass is 10.2. The van der Waals surface area contributed by atoms with Crippen LogP contribution in [0.2, 0.25) is 0 Å². The number of benzene rings is 2. The molecule has 0 unspecified atom stereocenters. The molecule has 1 aliphatic rings. The summed E-state index contributed by atoms with van der Waals surface area (Å²) in [5.41, 5.74) is 0.238. The van der Waals surface area contributed by atoms with Gasteiger partial charge in [-0.05, 0) is 36.8 Å². The number of ether oxygens (including phenoxy) is 1. The standard InChI is InChI=1S/C17H16F2N2O4S/c1-25-16-7-5-12(10-15(16)21-8-2-3-17(21)22)26(23,24)20-11-4-6-13(18)14(19)9-11/h4-7,9-10,20H,2-3,8H2,1H3. The second-order valence-corrected chi connectivity index (χ2v) is 7.40. The lowest BCUT2D eigenvalue weighted by Crippen LogP contribution is -2.25. The minimum atomic E-state index is -4.07. The van der Waals surface area contributed by atoms with Gasteiger partial charge in [0.1, 0.15) is 5.75 Å². The van der Waals surface area contributed by atoms with E-state index in [1.54, 1.807) is 0 Å². The van der Waals surface area contributed by atoms with Crippen molar-refractivity contribution >= 4 is 27.3 Å². The Morgan fingerprint density at radius 2 is 1.88 bits per heavy atom. The van der Waals surface area contributed by atoms with Crippen LogP contribution in [0, 0.1) is 11.6 Å². The molecule has 1 amide bonds. The Balaban J connectivity index is 1.96. The number of amides is 1. The molecule has 0 bridgehead atoms. The lowest BCUT2D eigenvalue weighted by Gasteiger charge is -2.20. The minimum Gasteiger partial charge on any atom is -0.495 e. The Kier molecular flexibility index (Phi) is 4.82. The third-order valence-corrected chi connectivity index (χ3v) is 5.38. The van der Waals surface area contributed by atoms with Crippen molar-refractivity contribution in [2.24, 2.45) is 0 Å². The van der Waals surface area contributed by atoms with Gasteiger partial charge in [-0.15, -0.1) is 0 Å². The van der Waals surface area contributed by atoms with E-state index in [-0.39, 0.29) is 16.5 Å². The Hall–Kier alpha value is -2.68. The fraction of sp³-hybridized carbons (Fsp3) is 0.235. The van der Waals surface area contributed by atoms with Crippen LogP contribution in [0.4, 0.5) is 20.2 Å². The van der Waals surface area contributed by atoms with Crippen molar-refractivity contribution < 1.29 is 26.7 Å². The number of halogens is 2. The molecule has 0 atom stereocenters. The molecule has 2 aromatic rings. The second kappa shape index (κ2) is 6.91. The molecule has 0 spiro atoms. The predicted molar refractivity (Wildman–Crippen MR) is 91.7 cm³/mol. The Labute approximate surface area is 149 Å². The maximum atomic E-state index is 13.3. The number of methoxy groups -OCH3 is 1. The zero-order valence-electron chi connectivity index (χ0n) is 13.8. The van der Waals surface area contributed by atoms with E-state index in [2.05, 4.69) is 4.72 Å². The van der Waals surface area contributed by atoms with Gasteiger partial charge in [0.2, 0.25) is 5.91 Å². The van der Waals surface area contributed by atoms with E-state index >= 15 is 0 Å². The number of carbonyl (C=O) groups is 1. The third-order valence-electron chi connectivity index (χ3n) is 4.00. The van der Waals surface area contributed by atoms with Crippen LogP contribution in [0.1, 0.15) is 12.8 Å². The molecule has 0 radical (unpaired) electrons. The summed E-state index contributed by atoms with van der Waals surface area (Å²) < 4.78 is 58.9. The van der Waals surface area contributed by atoms with Gasteiger partial charge < -0.3 is 9.64 Å². The topological polar surface area (TPSA) is 75.7 Å². The highest BCUT2D eigenvalue weighted by atomic mass is 32.2. The van der Waals surface area contributed by atoms with Gasteiger partial charge in [-0.3, -0.25) is 9.52 Å². The molecular weight excluding hydrogens is 366 g/mol. The molecule has 6 nitrogen and oxygen atoms in total. The molecule has 1 fully saturated rings. The molecule has 26 heavy (non-hydrogen) atoms. The van der Waals surface area contributed by atoms with Crippen LogP contribution in [0.25, 0.3) is 0 Å². The van der Waals surface area contributed by atoms with Crippen molar-refractivity contribution in [3.05, 3.63) is 48.0 Å². The van der Waals surface area contributed by atoms with Crippen molar-refractivity contribution in [1.82, 2.24) is 0 Å². The quantitative estimate of drug-likeness (QED) is 0.863. The summed E-state index contributed by atoms with van der Waals surface area (Å²) in [7, 11) is -2.65. The van der Waals surface area contributed by atoms with Crippen LogP contribution in [0.5, 0.6) is 5.75 Å². The van der Waals surface area contributed by atoms with Gasteiger partial charge in [0.25, 0.3) is 10.0 Å². The van der Waals surface area contributed by atoms with E-state index in [1.165, 1.54) is 30.2 Å². The molecule has 1 saturated heterocycles. The SMILES string of the molecule is COc1ccc(S(=O)(=O)Nc2ccc(F)c(F)c2)cc1N1CCCC1=O. The van der Waals surface area contributed by atoms with Gasteiger partial charge in [-0.2, -0.15) is 0 Å². The molecular formula is C17H16F2N2O4S. The number of sulfonamides is 1. The molecule has 1 aliphatic heterocycles. The normalized spacial score (nSPS) is 14.6. The van der Waals surface area contributed by atoms with E-state index < -0.39 is 21.7 Å². The zero-order chi connectivity index (χ0) is 18.9. The summed E-state index contributed by atoms with van der Waals surface area (Å²) in [5, 5.41) is 0. The van der Waals surface area contributed by atoms with Crippen molar-refractivity contribution in [3.8, 4) is 5.75 Å². The molecule has 3 rings (SSSR count). The van der Waals surface area contributed by atoms with E-state index in [0.29, 0.717) is 30.8 Å². The first-order valence-electron chi connectivity index (χ1n) is 7.78. The van der Waals surface area contributed by atoms with Gasteiger partial charge in [-0.25, -0.2) is 17.2 Å². The number of nitrogens with zero attached hydrogens (tertiary/aromatic N) is 1. The fourth-order valence-corrected chi connectivity index (χ4v) is 3.79. The van der Waals surface area contributed by atoms with Crippen LogP contribution in [-0.2, 0) is 14.8 Å². The smallest absolute Gasteiger partial charge is 0.261 e. The van der Waals surface area contributed by atoms with Crippen LogP contribution in [0.3, 0.4) is 0 Å². The molecule has 0 aliphatic carbocycles. The van der Waals surface area contributed by atoms with E-state index in [9.17, 15) is 22.0 Å². The zero-order valence-corrected chi connectivity index (χ0v) is 14.6. The summed E-state index contributed by atoms with van der Waals surface area (Å²) in [6.07, 6.45) is 1.05. The molecule has 2 aromatic carbocycles. The van der Waals surface area contributed by atoms with Gasteiger partial charge in [-0.1, -0.05) is 0 Å². The van der Waals surface area contributed by atoms with Gasteiger partial charge >= 0.3 is 0 Å². The molecule has 9 heteroatoms. The highest BCUT2D eigenvalue weighted by molar-refractivity contribution is 7.92. The third kappa shape index (κ3) is 3.48. The van der Waals surface area contributed by atoms with Gasteiger partial charge in [0.05, 0.1) is 23.4 Å². The fourth-order valence-electron chi connectivity index (χ4n) is 2.72. The van der Waals surface area contributed by atoms with Crippen LogP contribution in [-0.4, -0.2) is 28.0 Å². The summed E-state index contributed by atoms with van der Waals surface area (Å²) in [5.74, 6) is -1.99.